The topological polar surface area (TPSA) is 15.3 Å². The van der Waals surface area contributed by atoms with Crippen molar-refractivity contribution in [1.82, 2.24) is 10.2 Å². The molecule has 0 aliphatic carbocycles. The summed E-state index contributed by atoms with van der Waals surface area (Å²) in [6, 6.07) is 0.627. The number of hydrogen-bond acceptors (Lipinski definition) is 2. The Balaban J connectivity index is 3.77. The molecule has 1 atom stereocenters. The molecule has 0 aliphatic heterocycles. The monoisotopic (exact) mass is 214 g/mol. The average Bonchev–Trinajstić information content (AvgIpc) is 2.22. The highest BCUT2D eigenvalue weighted by Crippen LogP contribution is 2.07. The molecule has 1 N–H and O–H groups in total. The zero-order valence-electron chi connectivity index (χ0n) is 11.6. The van der Waals surface area contributed by atoms with Gasteiger partial charge in [0.2, 0.25) is 0 Å². The fourth-order valence-corrected chi connectivity index (χ4v) is 1.33. The van der Waals surface area contributed by atoms with Crippen LogP contribution in [0, 0.1) is 0 Å². The van der Waals surface area contributed by atoms with E-state index in [0.29, 0.717) is 6.04 Å². The molecule has 0 saturated carbocycles. The van der Waals surface area contributed by atoms with Crippen molar-refractivity contribution in [1.29, 1.82) is 0 Å². The summed E-state index contributed by atoms with van der Waals surface area (Å²) < 4.78 is 0. The minimum Gasteiger partial charge on any atom is -0.310 e. The van der Waals surface area contributed by atoms with E-state index in [1.807, 2.05) is 0 Å². The summed E-state index contributed by atoms with van der Waals surface area (Å²) >= 11 is 0. The Kier molecular flexibility index (Phi) is 7.20. The SMILES string of the molecule is CCCCN(C)C(C)CNC(C)(C)CC. The zero-order chi connectivity index (χ0) is 11.9. The Bertz CT molecular complexity index is 155. The molecule has 0 heterocycles. The van der Waals surface area contributed by atoms with Gasteiger partial charge in [-0.25, -0.2) is 0 Å². The Morgan fingerprint density at radius 1 is 1.27 bits per heavy atom. The van der Waals surface area contributed by atoms with Gasteiger partial charge in [-0.05, 0) is 47.2 Å². The van der Waals surface area contributed by atoms with Gasteiger partial charge in [-0.2, -0.15) is 0 Å². The van der Waals surface area contributed by atoms with Gasteiger partial charge < -0.3 is 10.2 Å². The van der Waals surface area contributed by atoms with Crippen molar-refractivity contribution in [2.24, 2.45) is 0 Å². The predicted octanol–water partition coefficient (Wildman–Crippen LogP) is 2.89. The summed E-state index contributed by atoms with van der Waals surface area (Å²) in [6.45, 7) is 13.6. The standard InChI is InChI=1S/C13H30N2/c1-7-9-10-15(6)12(3)11-14-13(4,5)8-2/h12,14H,7-11H2,1-6H3. The molecule has 0 rings (SSSR count). The van der Waals surface area contributed by atoms with Gasteiger partial charge in [-0.15, -0.1) is 0 Å². The van der Waals surface area contributed by atoms with E-state index < -0.39 is 0 Å². The number of rotatable bonds is 8. The fourth-order valence-electron chi connectivity index (χ4n) is 1.33. The maximum absolute atomic E-state index is 3.62. The van der Waals surface area contributed by atoms with Crippen LogP contribution in [0.25, 0.3) is 0 Å². The van der Waals surface area contributed by atoms with Crippen LogP contribution in [0.15, 0.2) is 0 Å². The maximum Gasteiger partial charge on any atom is 0.0189 e. The number of likely N-dealkylation sites (N-methyl/N-ethyl adjacent to an activating group) is 1. The summed E-state index contributed by atoms with van der Waals surface area (Å²) in [4.78, 5) is 2.45. The second-order valence-corrected chi connectivity index (χ2v) is 5.30. The Labute approximate surface area is 96.4 Å². The summed E-state index contributed by atoms with van der Waals surface area (Å²) in [6.07, 6.45) is 3.77. The van der Waals surface area contributed by atoms with Gasteiger partial charge in [0, 0.05) is 18.1 Å². The summed E-state index contributed by atoms with van der Waals surface area (Å²) in [5.74, 6) is 0. The van der Waals surface area contributed by atoms with E-state index in [9.17, 15) is 0 Å². The summed E-state index contributed by atoms with van der Waals surface area (Å²) in [5.41, 5.74) is 0.278. The van der Waals surface area contributed by atoms with Gasteiger partial charge >= 0.3 is 0 Å². The van der Waals surface area contributed by atoms with Crippen LogP contribution in [0.1, 0.15) is 53.9 Å². The van der Waals surface area contributed by atoms with Crippen LogP contribution in [0.5, 0.6) is 0 Å². The van der Waals surface area contributed by atoms with Gasteiger partial charge in [0.1, 0.15) is 0 Å². The van der Waals surface area contributed by atoms with Crippen LogP contribution in [0.2, 0.25) is 0 Å². The van der Waals surface area contributed by atoms with Crippen molar-refractivity contribution in [3.05, 3.63) is 0 Å². The van der Waals surface area contributed by atoms with Crippen molar-refractivity contribution < 1.29 is 0 Å². The van der Waals surface area contributed by atoms with E-state index >= 15 is 0 Å². The molecule has 0 saturated heterocycles. The first kappa shape index (κ1) is 14.9. The molecule has 0 bridgehead atoms. The Morgan fingerprint density at radius 2 is 1.87 bits per heavy atom. The lowest BCUT2D eigenvalue weighted by molar-refractivity contribution is 0.227. The minimum atomic E-state index is 0.278. The summed E-state index contributed by atoms with van der Waals surface area (Å²) in [5, 5.41) is 3.62. The predicted molar refractivity (Wildman–Crippen MR) is 69.4 cm³/mol. The lowest BCUT2D eigenvalue weighted by Gasteiger charge is -2.30. The van der Waals surface area contributed by atoms with Crippen LogP contribution < -0.4 is 5.32 Å². The molecule has 0 aromatic heterocycles. The van der Waals surface area contributed by atoms with E-state index in [0.717, 1.165) is 6.54 Å². The van der Waals surface area contributed by atoms with Gasteiger partial charge in [0.25, 0.3) is 0 Å². The molecular formula is C13H30N2. The summed E-state index contributed by atoms with van der Waals surface area (Å²) in [7, 11) is 2.22. The largest absolute Gasteiger partial charge is 0.310 e. The van der Waals surface area contributed by atoms with E-state index in [1.54, 1.807) is 0 Å². The van der Waals surface area contributed by atoms with Gasteiger partial charge in [-0.3, -0.25) is 0 Å². The molecule has 15 heavy (non-hydrogen) atoms. The lowest BCUT2D eigenvalue weighted by Crippen LogP contribution is -2.46. The maximum atomic E-state index is 3.62. The normalized spacial score (nSPS) is 14.6. The number of nitrogens with one attached hydrogen (secondary N) is 1. The molecule has 2 heteroatoms. The average molecular weight is 214 g/mol. The highest BCUT2D eigenvalue weighted by molar-refractivity contribution is 4.78. The van der Waals surface area contributed by atoms with Crippen molar-refractivity contribution in [3.63, 3.8) is 0 Å². The number of unbranched alkanes of at least 4 members (excludes halogenated alkanes) is 1. The second kappa shape index (κ2) is 7.24. The third kappa shape index (κ3) is 6.91. The highest BCUT2D eigenvalue weighted by atomic mass is 15.1. The van der Waals surface area contributed by atoms with E-state index in [1.165, 1.54) is 25.8 Å². The molecule has 0 radical (unpaired) electrons. The van der Waals surface area contributed by atoms with Crippen LogP contribution in [0.3, 0.4) is 0 Å². The van der Waals surface area contributed by atoms with E-state index in [-0.39, 0.29) is 5.54 Å². The molecule has 0 aliphatic rings. The minimum absolute atomic E-state index is 0.278. The quantitative estimate of drug-likeness (QED) is 0.668. The first-order valence-corrected chi connectivity index (χ1v) is 6.38. The third-order valence-corrected chi connectivity index (χ3v) is 3.38. The van der Waals surface area contributed by atoms with Crippen molar-refractivity contribution >= 4 is 0 Å². The van der Waals surface area contributed by atoms with Gasteiger partial charge in [0.15, 0.2) is 0 Å². The molecule has 1 unspecified atom stereocenters. The van der Waals surface area contributed by atoms with E-state index in [2.05, 4.69) is 51.9 Å². The Morgan fingerprint density at radius 3 is 2.33 bits per heavy atom. The lowest BCUT2D eigenvalue weighted by atomic mass is 10.0. The van der Waals surface area contributed by atoms with Crippen LogP contribution in [-0.2, 0) is 0 Å². The first-order valence-electron chi connectivity index (χ1n) is 6.38. The molecule has 0 fully saturated rings. The number of hydrogen-bond donors (Lipinski definition) is 1. The first-order chi connectivity index (χ1) is 6.93. The van der Waals surface area contributed by atoms with Crippen LogP contribution in [-0.4, -0.2) is 36.6 Å². The zero-order valence-corrected chi connectivity index (χ0v) is 11.6. The fraction of sp³-hybridized carbons (Fsp3) is 1.00. The molecule has 0 amide bonds. The van der Waals surface area contributed by atoms with Crippen molar-refractivity contribution in [2.75, 3.05) is 20.1 Å². The number of nitrogens with zero attached hydrogens (tertiary/aromatic N) is 1. The molecule has 0 aromatic carbocycles. The highest BCUT2D eigenvalue weighted by Gasteiger charge is 2.16. The van der Waals surface area contributed by atoms with Crippen LogP contribution in [0.4, 0.5) is 0 Å². The van der Waals surface area contributed by atoms with Crippen LogP contribution >= 0.6 is 0 Å². The van der Waals surface area contributed by atoms with Crippen molar-refractivity contribution in [2.45, 2.75) is 65.5 Å². The Hall–Kier alpha value is -0.0800. The molecular weight excluding hydrogens is 184 g/mol. The third-order valence-electron chi connectivity index (χ3n) is 3.38. The van der Waals surface area contributed by atoms with Gasteiger partial charge in [0.05, 0.1) is 0 Å². The smallest absolute Gasteiger partial charge is 0.0189 e. The molecule has 0 spiro atoms. The molecule has 0 aromatic rings. The second-order valence-electron chi connectivity index (χ2n) is 5.30. The molecule has 92 valence electrons. The van der Waals surface area contributed by atoms with Crippen molar-refractivity contribution in [3.8, 4) is 0 Å². The van der Waals surface area contributed by atoms with Gasteiger partial charge in [-0.1, -0.05) is 20.3 Å². The molecule has 2 nitrogen and oxygen atoms in total. The van der Waals surface area contributed by atoms with E-state index in [4.69, 9.17) is 0 Å².